The van der Waals surface area contributed by atoms with Crippen molar-refractivity contribution in [1.82, 2.24) is 4.90 Å². The molecule has 2 rings (SSSR count). The number of ether oxygens (including phenoxy) is 1. The van der Waals surface area contributed by atoms with E-state index in [2.05, 4.69) is 37.1 Å². The highest BCUT2D eigenvalue weighted by atomic mass is 35.5. The number of halogens is 1. The Balaban J connectivity index is 1.95. The van der Waals surface area contributed by atoms with E-state index < -0.39 is 0 Å². The summed E-state index contributed by atoms with van der Waals surface area (Å²) >= 11 is 5.71. The van der Waals surface area contributed by atoms with Gasteiger partial charge in [-0.2, -0.15) is 0 Å². The van der Waals surface area contributed by atoms with Gasteiger partial charge in [0.15, 0.2) is 0 Å². The molecule has 1 aromatic rings. The van der Waals surface area contributed by atoms with Gasteiger partial charge in [0.1, 0.15) is 11.9 Å². The van der Waals surface area contributed by atoms with Crippen LogP contribution in [0.3, 0.4) is 0 Å². The van der Waals surface area contributed by atoms with Crippen molar-refractivity contribution in [2.45, 2.75) is 19.4 Å². The fraction of sp³-hybridized carbons (Fsp3) is 0.538. The van der Waals surface area contributed by atoms with E-state index in [9.17, 15) is 0 Å². The SMILES string of the molecule is Cc1ccc2c(c1)CC(CN(C)CCCl)O2. The van der Waals surface area contributed by atoms with Crippen LogP contribution in [0, 0.1) is 6.92 Å². The third-order valence-corrected chi connectivity index (χ3v) is 3.11. The Morgan fingerprint density at radius 2 is 2.31 bits per heavy atom. The maximum atomic E-state index is 5.89. The molecule has 3 heteroatoms. The summed E-state index contributed by atoms with van der Waals surface area (Å²) in [6, 6.07) is 6.40. The lowest BCUT2D eigenvalue weighted by Gasteiger charge is -2.19. The van der Waals surface area contributed by atoms with E-state index in [-0.39, 0.29) is 6.10 Å². The summed E-state index contributed by atoms with van der Waals surface area (Å²) in [5.41, 5.74) is 2.64. The van der Waals surface area contributed by atoms with Crippen LogP contribution in [0.15, 0.2) is 18.2 Å². The Morgan fingerprint density at radius 3 is 3.06 bits per heavy atom. The molecule has 2 nitrogen and oxygen atoms in total. The Kier molecular flexibility index (Phi) is 3.72. The van der Waals surface area contributed by atoms with Gasteiger partial charge >= 0.3 is 0 Å². The van der Waals surface area contributed by atoms with Crippen molar-refractivity contribution in [1.29, 1.82) is 0 Å². The van der Waals surface area contributed by atoms with Gasteiger partial charge in [-0.3, -0.25) is 0 Å². The van der Waals surface area contributed by atoms with Gasteiger partial charge in [0.05, 0.1) is 0 Å². The molecule has 1 aliphatic rings. The highest BCUT2D eigenvalue weighted by molar-refractivity contribution is 6.18. The normalized spacial score (nSPS) is 18.6. The largest absolute Gasteiger partial charge is 0.488 e. The fourth-order valence-corrected chi connectivity index (χ4v) is 2.42. The molecule has 0 saturated heterocycles. The zero-order valence-electron chi connectivity index (χ0n) is 9.87. The lowest BCUT2D eigenvalue weighted by molar-refractivity contribution is 0.173. The first kappa shape index (κ1) is 11.7. The molecule has 0 aliphatic carbocycles. The molecule has 1 aliphatic heterocycles. The number of benzene rings is 1. The summed E-state index contributed by atoms with van der Waals surface area (Å²) < 4.78 is 5.89. The smallest absolute Gasteiger partial charge is 0.123 e. The zero-order valence-corrected chi connectivity index (χ0v) is 10.6. The van der Waals surface area contributed by atoms with Crippen LogP contribution in [-0.4, -0.2) is 37.0 Å². The molecule has 0 aromatic heterocycles. The summed E-state index contributed by atoms with van der Waals surface area (Å²) in [5.74, 6) is 1.73. The molecule has 0 N–H and O–H groups in total. The number of hydrogen-bond acceptors (Lipinski definition) is 2. The maximum absolute atomic E-state index is 5.89. The van der Waals surface area contributed by atoms with Crippen LogP contribution in [0.1, 0.15) is 11.1 Å². The van der Waals surface area contributed by atoms with Crippen molar-refractivity contribution in [3.63, 3.8) is 0 Å². The van der Waals surface area contributed by atoms with Crippen LogP contribution in [0.2, 0.25) is 0 Å². The number of likely N-dealkylation sites (N-methyl/N-ethyl adjacent to an activating group) is 1. The second kappa shape index (κ2) is 5.07. The van der Waals surface area contributed by atoms with Crippen LogP contribution < -0.4 is 4.74 Å². The number of fused-ring (bicyclic) bond motifs is 1. The highest BCUT2D eigenvalue weighted by Crippen LogP contribution is 2.29. The molecule has 0 bridgehead atoms. The minimum absolute atomic E-state index is 0.282. The van der Waals surface area contributed by atoms with Gasteiger partial charge < -0.3 is 9.64 Å². The lowest BCUT2D eigenvalue weighted by Crippen LogP contribution is -2.33. The van der Waals surface area contributed by atoms with Crippen LogP contribution in [0.4, 0.5) is 0 Å². The molecule has 1 unspecified atom stereocenters. The van der Waals surface area contributed by atoms with Crippen LogP contribution >= 0.6 is 11.6 Å². The second-order valence-corrected chi connectivity index (χ2v) is 4.88. The zero-order chi connectivity index (χ0) is 11.5. The van der Waals surface area contributed by atoms with Crippen LogP contribution in [0.5, 0.6) is 5.75 Å². The lowest BCUT2D eigenvalue weighted by atomic mass is 10.1. The number of aryl methyl sites for hydroxylation is 1. The Hall–Kier alpha value is -0.730. The van der Waals surface area contributed by atoms with Crippen LogP contribution in [0.25, 0.3) is 0 Å². The summed E-state index contributed by atoms with van der Waals surface area (Å²) in [7, 11) is 2.08. The van der Waals surface area contributed by atoms with Crippen molar-refractivity contribution in [2.75, 3.05) is 26.0 Å². The standard InChI is InChI=1S/C13H18ClNO/c1-10-3-4-13-11(7-10)8-12(16-13)9-15(2)6-5-14/h3-4,7,12H,5-6,8-9H2,1-2H3. The average Bonchev–Trinajstić information content (AvgIpc) is 2.59. The third-order valence-electron chi connectivity index (χ3n) is 2.94. The number of hydrogen-bond donors (Lipinski definition) is 0. The van der Waals surface area contributed by atoms with E-state index in [1.165, 1.54) is 11.1 Å². The molecular formula is C13H18ClNO. The van der Waals surface area contributed by atoms with Crippen molar-refractivity contribution < 1.29 is 4.74 Å². The van der Waals surface area contributed by atoms with Crippen LogP contribution in [-0.2, 0) is 6.42 Å². The first-order valence-corrected chi connectivity index (χ1v) is 6.23. The minimum atomic E-state index is 0.282. The quantitative estimate of drug-likeness (QED) is 0.749. The third kappa shape index (κ3) is 2.69. The molecular weight excluding hydrogens is 222 g/mol. The Labute approximate surface area is 102 Å². The van der Waals surface area contributed by atoms with Crippen molar-refractivity contribution in [3.8, 4) is 5.75 Å². The summed E-state index contributed by atoms with van der Waals surface area (Å²) in [5, 5.41) is 0. The number of nitrogens with zero attached hydrogens (tertiary/aromatic N) is 1. The summed E-state index contributed by atoms with van der Waals surface area (Å²) in [6.45, 7) is 3.98. The van der Waals surface area contributed by atoms with E-state index in [0.717, 1.165) is 25.3 Å². The van der Waals surface area contributed by atoms with E-state index in [4.69, 9.17) is 16.3 Å². The molecule has 0 amide bonds. The van der Waals surface area contributed by atoms with E-state index in [0.29, 0.717) is 5.88 Å². The molecule has 1 heterocycles. The van der Waals surface area contributed by atoms with Crippen molar-refractivity contribution >= 4 is 11.6 Å². The van der Waals surface area contributed by atoms with E-state index in [1.807, 2.05) is 0 Å². The molecule has 16 heavy (non-hydrogen) atoms. The average molecular weight is 240 g/mol. The molecule has 0 radical (unpaired) electrons. The van der Waals surface area contributed by atoms with Gasteiger partial charge in [0.2, 0.25) is 0 Å². The fourth-order valence-electron chi connectivity index (χ4n) is 2.13. The van der Waals surface area contributed by atoms with Gasteiger partial charge in [-0.25, -0.2) is 0 Å². The monoisotopic (exact) mass is 239 g/mol. The molecule has 0 fully saturated rings. The van der Waals surface area contributed by atoms with Gasteiger partial charge in [-0.05, 0) is 25.6 Å². The van der Waals surface area contributed by atoms with Gasteiger partial charge in [-0.1, -0.05) is 17.7 Å². The van der Waals surface area contributed by atoms with E-state index in [1.54, 1.807) is 0 Å². The number of rotatable bonds is 4. The first-order valence-electron chi connectivity index (χ1n) is 5.69. The van der Waals surface area contributed by atoms with Gasteiger partial charge in [-0.15, -0.1) is 11.6 Å². The topological polar surface area (TPSA) is 12.5 Å². The van der Waals surface area contributed by atoms with Gasteiger partial charge in [0.25, 0.3) is 0 Å². The molecule has 88 valence electrons. The van der Waals surface area contributed by atoms with Gasteiger partial charge in [0, 0.05) is 25.4 Å². The minimum Gasteiger partial charge on any atom is -0.488 e. The predicted octanol–water partition coefficient (Wildman–Crippen LogP) is 2.47. The Bertz CT molecular complexity index is 367. The highest BCUT2D eigenvalue weighted by Gasteiger charge is 2.23. The number of alkyl halides is 1. The maximum Gasteiger partial charge on any atom is 0.123 e. The van der Waals surface area contributed by atoms with Crippen molar-refractivity contribution in [3.05, 3.63) is 29.3 Å². The first-order chi connectivity index (χ1) is 7.69. The molecule has 0 saturated carbocycles. The molecule has 1 atom stereocenters. The predicted molar refractivity (Wildman–Crippen MR) is 67.5 cm³/mol. The summed E-state index contributed by atoms with van der Waals surface area (Å²) in [4.78, 5) is 2.22. The van der Waals surface area contributed by atoms with E-state index >= 15 is 0 Å². The Morgan fingerprint density at radius 1 is 1.50 bits per heavy atom. The molecule has 1 aromatic carbocycles. The summed E-state index contributed by atoms with van der Waals surface area (Å²) in [6.07, 6.45) is 1.30. The van der Waals surface area contributed by atoms with Crippen molar-refractivity contribution in [2.24, 2.45) is 0 Å². The molecule has 0 spiro atoms. The second-order valence-electron chi connectivity index (χ2n) is 4.51.